The molecule has 0 radical (unpaired) electrons. The molecular weight excluding hydrogens is 188 g/mol. The number of nitrogens with zero attached hydrogens (tertiary/aromatic N) is 3. The van der Waals surface area contributed by atoms with Crippen molar-refractivity contribution in [3.8, 4) is 0 Å². The fourth-order valence-corrected chi connectivity index (χ4v) is 0.754. The van der Waals surface area contributed by atoms with Crippen LogP contribution in [0.3, 0.4) is 0 Å². The van der Waals surface area contributed by atoms with E-state index in [9.17, 15) is 4.79 Å². The van der Waals surface area contributed by atoms with E-state index >= 15 is 0 Å². The standard InChI is InChI=1S/C7H8N4O3/c1-14-11-5(7(12)13)6-9-3-2-4(8)10-6/h2-3H,1H3,(H,12,13)(H2,8,9,10). The zero-order chi connectivity index (χ0) is 10.6. The highest BCUT2D eigenvalue weighted by Gasteiger charge is 2.16. The first-order valence-corrected chi connectivity index (χ1v) is 3.58. The Hall–Kier alpha value is -2.18. The van der Waals surface area contributed by atoms with Gasteiger partial charge < -0.3 is 15.7 Å². The van der Waals surface area contributed by atoms with E-state index in [0.717, 1.165) is 0 Å². The van der Waals surface area contributed by atoms with Crippen LogP contribution in [0, 0.1) is 0 Å². The molecule has 0 unspecified atom stereocenters. The van der Waals surface area contributed by atoms with Crippen molar-refractivity contribution < 1.29 is 14.7 Å². The highest BCUT2D eigenvalue weighted by molar-refractivity contribution is 6.41. The third-order valence-corrected chi connectivity index (χ3v) is 1.27. The molecule has 3 N–H and O–H groups in total. The summed E-state index contributed by atoms with van der Waals surface area (Å²) in [6.07, 6.45) is 1.34. The number of anilines is 1. The highest BCUT2D eigenvalue weighted by atomic mass is 16.6. The Kier molecular flexibility index (Phi) is 2.95. The maximum atomic E-state index is 10.7. The number of aliphatic carboxylic acids is 1. The number of nitrogens with two attached hydrogens (primary N) is 1. The maximum absolute atomic E-state index is 10.7. The number of nitrogen functional groups attached to an aromatic ring is 1. The summed E-state index contributed by atoms with van der Waals surface area (Å²) < 4.78 is 0. The lowest BCUT2D eigenvalue weighted by atomic mass is 10.3. The van der Waals surface area contributed by atoms with Crippen molar-refractivity contribution >= 4 is 17.5 Å². The summed E-state index contributed by atoms with van der Waals surface area (Å²) >= 11 is 0. The summed E-state index contributed by atoms with van der Waals surface area (Å²) in [5.41, 5.74) is 4.96. The molecule has 1 rings (SSSR count). The topological polar surface area (TPSA) is 111 Å². The fraction of sp³-hybridized carbons (Fsp3) is 0.143. The van der Waals surface area contributed by atoms with Crippen LogP contribution in [0.5, 0.6) is 0 Å². The number of aromatic nitrogens is 2. The van der Waals surface area contributed by atoms with E-state index < -0.39 is 5.97 Å². The van der Waals surface area contributed by atoms with Gasteiger partial charge in [-0.1, -0.05) is 5.16 Å². The first-order valence-electron chi connectivity index (χ1n) is 3.58. The average molecular weight is 196 g/mol. The molecule has 0 bridgehead atoms. The lowest BCUT2D eigenvalue weighted by Crippen LogP contribution is -2.18. The van der Waals surface area contributed by atoms with Crippen molar-refractivity contribution in [3.63, 3.8) is 0 Å². The van der Waals surface area contributed by atoms with Gasteiger partial charge in [-0.3, -0.25) is 0 Å². The van der Waals surface area contributed by atoms with Crippen molar-refractivity contribution in [2.75, 3.05) is 12.8 Å². The molecule has 0 saturated heterocycles. The van der Waals surface area contributed by atoms with Gasteiger partial charge in [-0.2, -0.15) is 0 Å². The second-order valence-electron chi connectivity index (χ2n) is 2.23. The van der Waals surface area contributed by atoms with Gasteiger partial charge in [-0.05, 0) is 6.07 Å². The Bertz CT molecular complexity index is 377. The summed E-state index contributed by atoms with van der Waals surface area (Å²) in [5.74, 6) is -1.20. The first-order chi connectivity index (χ1) is 6.65. The Morgan fingerprint density at radius 3 is 2.93 bits per heavy atom. The van der Waals surface area contributed by atoms with Gasteiger partial charge >= 0.3 is 5.97 Å². The molecule has 7 heteroatoms. The molecule has 74 valence electrons. The molecule has 1 heterocycles. The van der Waals surface area contributed by atoms with Crippen LogP contribution in [0.4, 0.5) is 5.82 Å². The minimum absolute atomic E-state index is 0.0839. The number of carboxylic acids is 1. The third kappa shape index (κ3) is 2.16. The van der Waals surface area contributed by atoms with Crippen LogP contribution in [0.2, 0.25) is 0 Å². The number of carbonyl (C=O) groups is 1. The molecule has 1 aromatic heterocycles. The molecule has 0 saturated carbocycles. The Morgan fingerprint density at radius 1 is 1.71 bits per heavy atom. The summed E-state index contributed by atoms with van der Waals surface area (Å²) in [6, 6.07) is 1.44. The number of hydrogen-bond acceptors (Lipinski definition) is 6. The largest absolute Gasteiger partial charge is 0.476 e. The lowest BCUT2D eigenvalue weighted by Gasteiger charge is -1.99. The average Bonchev–Trinajstić information content (AvgIpc) is 2.13. The van der Waals surface area contributed by atoms with E-state index in [1.165, 1.54) is 19.4 Å². The number of carboxylic acid groups (broad SMARTS) is 1. The van der Waals surface area contributed by atoms with Crippen LogP contribution in [0.1, 0.15) is 5.82 Å². The van der Waals surface area contributed by atoms with E-state index in [4.69, 9.17) is 10.8 Å². The normalized spacial score (nSPS) is 11.1. The molecule has 7 nitrogen and oxygen atoms in total. The Labute approximate surface area is 79.2 Å². The van der Waals surface area contributed by atoms with Crippen molar-refractivity contribution in [1.82, 2.24) is 9.97 Å². The predicted molar refractivity (Wildman–Crippen MR) is 47.6 cm³/mol. The molecule has 0 aliphatic heterocycles. The second-order valence-corrected chi connectivity index (χ2v) is 2.23. The number of rotatable bonds is 3. The van der Waals surface area contributed by atoms with Gasteiger partial charge in [-0.25, -0.2) is 14.8 Å². The van der Waals surface area contributed by atoms with E-state index in [-0.39, 0.29) is 17.4 Å². The van der Waals surface area contributed by atoms with Gasteiger partial charge in [0.1, 0.15) is 12.9 Å². The zero-order valence-corrected chi connectivity index (χ0v) is 7.34. The molecule has 0 spiro atoms. The smallest absolute Gasteiger partial charge is 0.361 e. The molecule has 14 heavy (non-hydrogen) atoms. The van der Waals surface area contributed by atoms with Crippen LogP contribution in [0.15, 0.2) is 17.4 Å². The van der Waals surface area contributed by atoms with Crippen molar-refractivity contribution in [2.45, 2.75) is 0 Å². The maximum Gasteiger partial charge on any atom is 0.361 e. The Balaban J connectivity index is 3.12. The predicted octanol–water partition coefficient (Wildman–Crippen LogP) is -0.506. The van der Waals surface area contributed by atoms with Crippen LogP contribution >= 0.6 is 0 Å². The third-order valence-electron chi connectivity index (χ3n) is 1.27. The molecule has 1 aromatic rings. The van der Waals surface area contributed by atoms with Crippen molar-refractivity contribution in [3.05, 3.63) is 18.1 Å². The van der Waals surface area contributed by atoms with Crippen LogP contribution in [-0.2, 0) is 9.63 Å². The van der Waals surface area contributed by atoms with E-state index in [1.54, 1.807) is 0 Å². The zero-order valence-electron chi connectivity index (χ0n) is 7.34. The summed E-state index contributed by atoms with van der Waals surface area (Å²) in [4.78, 5) is 22.4. The lowest BCUT2D eigenvalue weighted by molar-refractivity contribution is -0.129. The molecule has 0 fully saturated rings. The summed E-state index contributed by atoms with van der Waals surface area (Å²) in [7, 11) is 1.23. The van der Waals surface area contributed by atoms with Gasteiger partial charge in [0, 0.05) is 6.20 Å². The first kappa shape index (κ1) is 9.90. The Morgan fingerprint density at radius 2 is 2.43 bits per heavy atom. The van der Waals surface area contributed by atoms with Gasteiger partial charge in [0.25, 0.3) is 0 Å². The quantitative estimate of drug-likeness (QED) is 0.497. The van der Waals surface area contributed by atoms with Gasteiger partial charge in [0.05, 0.1) is 0 Å². The minimum atomic E-state index is -1.28. The van der Waals surface area contributed by atoms with E-state index in [2.05, 4.69) is 20.0 Å². The molecular formula is C7H8N4O3. The molecule has 0 aromatic carbocycles. The van der Waals surface area contributed by atoms with E-state index in [0.29, 0.717) is 0 Å². The van der Waals surface area contributed by atoms with Crippen LogP contribution < -0.4 is 5.73 Å². The van der Waals surface area contributed by atoms with Crippen molar-refractivity contribution in [1.29, 1.82) is 0 Å². The second kappa shape index (κ2) is 4.17. The number of oxime groups is 1. The summed E-state index contributed by atoms with van der Waals surface area (Å²) in [5, 5.41) is 12.0. The minimum Gasteiger partial charge on any atom is -0.476 e. The van der Waals surface area contributed by atoms with Crippen LogP contribution in [0.25, 0.3) is 0 Å². The summed E-state index contributed by atoms with van der Waals surface area (Å²) in [6.45, 7) is 0. The highest BCUT2D eigenvalue weighted by Crippen LogP contribution is 1.99. The van der Waals surface area contributed by atoms with Crippen LogP contribution in [-0.4, -0.2) is 33.9 Å². The van der Waals surface area contributed by atoms with Gasteiger partial charge in [0.2, 0.25) is 5.71 Å². The SMILES string of the molecule is CON=C(C(=O)O)c1nccc(N)n1. The molecule has 0 atom stereocenters. The van der Waals surface area contributed by atoms with Gasteiger partial charge in [0.15, 0.2) is 5.82 Å². The monoisotopic (exact) mass is 196 g/mol. The van der Waals surface area contributed by atoms with E-state index in [1.807, 2.05) is 0 Å². The van der Waals surface area contributed by atoms with Gasteiger partial charge in [-0.15, -0.1) is 0 Å². The molecule has 0 aliphatic carbocycles. The molecule has 0 amide bonds. The molecule has 0 aliphatic rings. The van der Waals surface area contributed by atoms with Crippen molar-refractivity contribution in [2.24, 2.45) is 5.16 Å². The number of hydrogen-bond donors (Lipinski definition) is 2. The fourth-order valence-electron chi connectivity index (χ4n) is 0.754.